The molecule has 0 aliphatic carbocycles. The Morgan fingerprint density at radius 1 is 1.30 bits per heavy atom. The lowest BCUT2D eigenvalue weighted by molar-refractivity contribution is -0.136. The number of nitrogens with zero attached hydrogens (tertiary/aromatic N) is 2. The Kier molecular flexibility index (Phi) is 3.46. The van der Waals surface area contributed by atoms with Crippen molar-refractivity contribution in [3.63, 3.8) is 0 Å². The molecule has 1 saturated heterocycles. The van der Waals surface area contributed by atoms with Crippen molar-refractivity contribution < 1.29 is 18.8 Å². The van der Waals surface area contributed by atoms with Crippen LogP contribution in [0.3, 0.4) is 0 Å². The lowest BCUT2D eigenvalue weighted by Crippen LogP contribution is -2.52. The van der Waals surface area contributed by atoms with Gasteiger partial charge in [-0.1, -0.05) is 20.8 Å². The minimum absolute atomic E-state index is 0.157. The van der Waals surface area contributed by atoms with Crippen LogP contribution in [0.1, 0.15) is 55.4 Å². The maximum atomic E-state index is 14.3. The van der Waals surface area contributed by atoms with Crippen LogP contribution < -0.4 is 5.32 Å². The van der Waals surface area contributed by atoms with Crippen molar-refractivity contribution >= 4 is 17.7 Å². The van der Waals surface area contributed by atoms with Crippen molar-refractivity contribution in [1.82, 2.24) is 15.2 Å². The number of carbonyl (C=O) groups is 3. The third-order valence-corrected chi connectivity index (χ3v) is 4.16. The number of hydrogen-bond donors (Lipinski definition) is 1. The van der Waals surface area contributed by atoms with Crippen LogP contribution in [0.15, 0.2) is 6.07 Å². The molecule has 1 unspecified atom stereocenters. The Bertz CT molecular complexity index is 724. The number of fused-ring (bicyclic) bond motifs is 1. The summed E-state index contributed by atoms with van der Waals surface area (Å²) in [5, 5.41) is 2.23. The minimum atomic E-state index is -0.712. The number of nitrogens with one attached hydrogen (secondary N) is 1. The fourth-order valence-electron chi connectivity index (χ4n) is 2.98. The van der Waals surface area contributed by atoms with E-state index in [1.54, 1.807) is 0 Å². The van der Waals surface area contributed by atoms with Gasteiger partial charge in [0, 0.05) is 11.8 Å². The highest BCUT2D eigenvalue weighted by molar-refractivity contribution is 6.05. The van der Waals surface area contributed by atoms with Gasteiger partial charge in [0.1, 0.15) is 11.9 Å². The Morgan fingerprint density at radius 3 is 2.61 bits per heavy atom. The summed E-state index contributed by atoms with van der Waals surface area (Å²) in [7, 11) is 0. The molecule has 1 fully saturated rings. The monoisotopic (exact) mass is 319 g/mol. The molecule has 0 saturated carbocycles. The van der Waals surface area contributed by atoms with Gasteiger partial charge < -0.3 is 4.90 Å². The van der Waals surface area contributed by atoms with E-state index in [2.05, 4.69) is 10.3 Å². The number of hydrogen-bond acceptors (Lipinski definition) is 4. The molecule has 7 heteroatoms. The molecule has 0 aromatic carbocycles. The maximum absolute atomic E-state index is 14.3. The van der Waals surface area contributed by atoms with Gasteiger partial charge in [-0.3, -0.25) is 24.7 Å². The van der Waals surface area contributed by atoms with E-state index in [-0.39, 0.29) is 30.9 Å². The molecule has 122 valence electrons. The van der Waals surface area contributed by atoms with Crippen molar-refractivity contribution in [2.24, 2.45) is 0 Å². The number of amides is 3. The van der Waals surface area contributed by atoms with Crippen LogP contribution in [0.5, 0.6) is 0 Å². The van der Waals surface area contributed by atoms with Gasteiger partial charge in [0.25, 0.3) is 5.91 Å². The largest absolute Gasteiger partial charge is 0.321 e. The van der Waals surface area contributed by atoms with Gasteiger partial charge in [-0.05, 0) is 12.5 Å². The van der Waals surface area contributed by atoms with Crippen molar-refractivity contribution in [2.45, 2.75) is 51.6 Å². The SMILES string of the molecule is CC(C)(C)c1nc2c(cc1F)C(=O)N(C1CCC(=O)NC1=O)C2. The number of carbonyl (C=O) groups excluding carboxylic acids is 3. The predicted octanol–water partition coefficient (Wildman–Crippen LogP) is 1.28. The van der Waals surface area contributed by atoms with Gasteiger partial charge in [-0.2, -0.15) is 0 Å². The summed E-state index contributed by atoms with van der Waals surface area (Å²) in [6, 6.07) is 0.493. The number of rotatable bonds is 1. The van der Waals surface area contributed by atoms with Crippen LogP contribution in [0, 0.1) is 5.82 Å². The Hall–Kier alpha value is -2.31. The molecule has 6 nitrogen and oxygen atoms in total. The first-order valence-electron chi connectivity index (χ1n) is 7.53. The summed E-state index contributed by atoms with van der Waals surface area (Å²) >= 11 is 0. The van der Waals surface area contributed by atoms with Crippen LogP contribution in [-0.2, 0) is 21.5 Å². The molecule has 1 atom stereocenters. The average molecular weight is 319 g/mol. The Morgan fingerprint density at radius 2 is 2.00 bits per heavy atom. The first-order chi connectivity index (χ1) is 10.7. The highest BCUT2D eigenvalue weighted by atomic mass is 19.1. The topological polar surface area (TPSA) is 79.4 Å². The van der Waals surface area contributed by atoms with E-state index in [0.717, 1.165) is 0 Å². The van der Waals surface area contributed by atoms with Gasteiger partial charge in [-0.25, -0.2) is 4.39 Å². The van der Waals surface area contributed by atoms with Crippen LogP contribution in [0.4, 0.5) is 4.39 Å². The molecule has 1 N–H and O–H groups in total. The van der Waals surface area contributed by atoms with E-state index >= 15 is 0 Å². The van der Waals surface area contributed by atoms with Gasteiger partial charge in [-0.15, -0.1) is 0 Å². The van der Waals surface area contributed by atoms with Crippen molar-refractivity contribution in [2.75, 3.05) is 0 Å². The zero-order valence-electron chi connectivity index (χ0n) is 13.3. The first-order valence-corrected chi connectivity index (χ1v) is 7.53. The quantitative estimate of drug-likeness (QED) is 0.791. The molecular weight excluding hydrogens is 301 g/mol. The number of imide groups is 1. The molecule has 3 rings (SSSR count). The van der Waals surface area contributed by atoms with E-state index in [1.165, 1.54) is 11.0 Å². The van der Waals surface area contributed by atoms with Gasteiger partial charge >= 0.3 is 0 Å². The van der Waals surface area contributed by atoms with Gasteiger partial charge in [0.15, 0.2) is 0 Å². The highest BCUT2D eigenvalue weighted by Crippen LogP contribution is 2.31. The number of halogens is 1. The van der Waals surface area contributed by atoms with Crippen molar-refractivity contribution in [3.8, 4) is 0 Å². The molecule has 3 heterocycles. The highest BCUT2D eigenvalue weighted by Gasteiger charge is 2.40. The summed E-state index contributed by atoms with van der Waals surface area (Å²) in [5.41, 5.74) is 0.491. The van der Waals surface area contributed by atoms with Crippen LogP contribution in [-0.4, -0.2) is 33.6 Å². The van der Waals surface area contributed by atoms with Gasteiger partial charge in [0.05, 0.1) is 23.5 Å². The van der Waals surface area contributed by atoms with Crippen LogP contribution >= 0.6 is 0 Å². The lowest BCUT2D eigenvalue weighted by atomic mass is 9.90. The fraction of sp³-hybridized carbons (Fsp3) is 0.500. The first kappa shape index (κ1) is 15.6. The molecule has 0 spiro atoms. The number of pyridine rings is 1. The molecule has 0 bridgehead atoms. The smallest absolute Gasteiger partial charge is 0.256 e. The zero-order chi connectivity index (χ0) is 16.9. The van der Waals surface area contributed by atoms with Crippen LogP contribution in [0.2, 0.25) is 0 Å². The summed E-state index contributed by atoms with van der Waals surface area (Å²) in [5.74, 6) is -1.76. The van der Waals surface area contributed by atoms with Crippen molar-refractivity contribution in [3.05, 3.63) is 28.8 Å². The van der Waals surface area contributed by atoms with Crippen LogP contribution in [0.25, 0.3) is 0 Å². The Labute approximate surface area is 133 Å². The molecule has 23 heavy (non-hydrogen) atoms. The average Bonchev–Trinajstić information content (AvgIpc) is 2.74. The predicted molar refractivity (Wildman–Crippen MR) is 78.9 cm³/mol. The normalized spacial score (nSPS) is 21.5. The third kappa shape index (κ3) is 2.60. The summed E-state index contributed by atoms with van der Waals surface area (Å²) in [6.45, 7) is 5.70. The second kappa shape index (κ2) is 5.11. The molecule has 2 aliphatic rings. The third-order valence-electron chi connectivity index (χ3n) is 4.16. The van der Waals surface area contributed by atoms with Gasteiger partial charge in [0.2, 0.25) is 11.8 Å². The summed E-state index contributed by atoms with van der Waals surface area (Å²) in [6.07, 6.45) is 0.463. The number of piperidine rings is 1. The van der Waals surface area contributed by atoms with E-state index in [9.17, 15) is 18.8 Å². The van der Waals surface area contributed by atoms with E-state index < -0.39 is 29.1 Å². The molecular formula is C16H18FN3O3. The molecule has 3 amide bonds. The minimum Gasteiger partial charge on any atom is -0.321 e. The van der Waals surface area contributed by atoms with E-state index in [4.69, 9.17) is 0 Å². The standard InChI is InChI=1S/C16H18FN3O3/c1-16(2,3)13-9(17)6-8-10(18-13)7-20(15(8)23)11-4-5-12(21)19-14(11)22/h6,11H,4-5,7H2,1-3H3,(H,19,21,22). The summed E-state index contributed by atoms with van der Waals surface area (Å²) in [4.78, 5) is 41.4. The van der Waals surface area contributed by atoms with E-state index in [1.807, 2.05) is 20.8 Å². The maximum Gasteiger partial charge on any atom is 0.256 e. The second-order valence-electron chi connectivity index (χ2n) is 6.96. The zero-order valence-corrected chi connectivity index (χ0v) is 13.3. The molecule has 1 aromatic heterocycles. The molecule has 1 aromatic rings. The summed E-state index contributed by atoms with van der Waals surface area (Å²) < 4.78 is 14.3. The lowest BCUT2D eigenvalue weighted by Gasteiger charge is -2.29. The fourth-order valence-corrected chi connectivity index (χ4v) is 2.98. The van der Waals surface area contributed by atoms with E-state index in [0.29, 0.717) is 11.4 Å². The number of aromatic nitrogens is 1. The Balaban J connectivity index is 1.93. The molecule has 0 radical (unpaired) electrons. The second-order valence-corrected chi connectivity index (χ2v) is 6.96. The van der Waals surface area contributed by atoms with Crippen molar-refractivity contribution in [1.29, 1.82) is 0 Å². The molecule has 2 aliphatic heterocycles.